The molecule has 0 saturated heterocycles. The third-order valence-corrected chi connectivity index (χ3v) is 8.36. The van der Waals surface area contributed by atoms with E-state index in [1.807, 2.05) is 26.0 Å². The highest BCUT2D eigenvalue weighted by Gasteiger charge is 2.28. The molecule has 0 saturated carbocycles. The van der Waals surface area contributed by atoms with Crippen LogP contribution in [0, 0.1) is 0 Å². The van der Waals surface area contributed by atoms with Crippen molar-refractivity contribution in [1.29, 1.82) is 0 Å². The molecule has 0 aliphatic carbocycles. The first-order chi connectivity index (χ1) is 18.5. The van der Waals surface area contributed by atoms with Crippen LogP contribution in [0.5, 0.6) is 0 Å². The van der Waals surface area contributed by atoms with Crippen LogP contribution in [0.1, 0.15) is 42.6 Å². The number of anilines is 1. The first kappa shape index (κ1) is 29.0. The maximum atomic E-state index is 13.5. The van der Waals surface area contributed by atoms with Gasteiger partial charge in [-0.1, -0.05) is 72.0 Å². The number of hydrogen-bond donors (Lipinski definition) is 1. The Morgan fingerprint density at radius 1 is 0.974 bits per heavy atom. The minimum absolute atomic E-state index is 0.00349. The summed E-state index contributed by atoms with van der Waals surface area (Å²) < 4.78 is 33.3. The average Bonchev–Trinajstić information content (AvgIpc) is 3.35. The van der Waals surface area contributed by atoms with Crippen molar-refractivity contribution in [3.63, 3.8) is 0 Å². The van der Waals surface area contributed by atoms with Crippen molar-refractivity contribution in [2.45, 2.75) is 37.6 Å². The standard InChI is InChI=1S/C27H25Cl3N4O4S/c1-17(2)27-32-25(33-38-27)13-18-3-9-22(10-4-18)31-26(35)16-34(15-19-5-6-21(29)14-24(19)30)39(36,37)23-11-7-20(28)8-12-23/h3-12,14,17H,13,15-16H2,1-2H3,(H,31,35). The predicted octanol–water partition coefficient (Wildman–Crippen LogP) is 6.57. The molecule has 4 aromatic rings. The van der Waals surface area contributed by atoms with Crippen molar-refractivity contribution in [2.24, 2.45) is 0 Å². The van der Waals surface area contributed by atoms with E-state index in [1.165, 1.54) is 30.3 Å². The first-order valence-corrected chi connectivity index (χ1v) is 14.5. The molecule has 0 bridgehead atoms. The minimum Gasteiger partial charge on any atom is -0.339 e. The third kappa shape index (κ3) is 7.58. The van der Waals surface area contributed by atoms with Crippen LogP contribution in [0.25, 0.3) is 0 Å². The van der Waals surface area contributed by atoms with Crippen molar-refractivity contribution < 1.29 is 17.7 Å². The van der Waals surface area contributed by atoms with E-state index < -0.39 is 22.5 Å². The van der Waals surface area contributed by atoms with Gasteiger partial charge in [-0.05, 0) is 59.7 Å². The zero-order chi connectivity index (χ0) is 28.2. The largest absolute Gasteiger partial charge is 0.339 e. The maximum Gasteiger partial charge on any atom is 0.243 e. The van der Waals surface area contributed by atoms with Gasteiger partial charge < -0.3 is 9.84 Å². The summed E-state index contributed by atoms with van der Waals surface area (Å²) in [7, 11) is -4.08. The molecule has 3 aromatic carbocycles. The number of carbonyl (C=O) groups is 1. The Balaban J connectivity index is 1.49. The fraction of sp³-hybridized carbons (Fsp3) is 0.222. The van der Waals surface area contributed by atoms with Gasteiger partial charge in [-0.15, -0.1) is 0 Å². The number of benzene rings is 3. The summed E-state index contributed by atoms with van der Waals surface area (Å²) in [5.41, 5.74) is 1.93. The second kappa shape index (κ2) is 12.5. The number of nitrogens with one attached hydrogen (secondary N) is 1. The molecule has 1 amide bonds. The summed E-state index contributed by atoms with van der Waals surface area (Å²) in [6.07, 6.45) is 0.472. The lowest BCUT2D eigenvalue weighted by atomic mass is 10.1. The summed E-state index contributed by atoms with van der Waals surface area (Å²) in [5.74, 6) is 0.763. The minimum atomic E-state index is -4.08. The van der Waals surface area contributed by atoms with Gasteiger partial charge >= 0.3 is 0 Å². The highest BCUT2D eigenvalue weighted by molar-refractivity contribution is 7.89. The molecule has 8 nitrogen and oxygen atoms in total. The molecule has 39 heavy (non-hydrogen) atoms. The fourth-order valence-electron chi connectivity index (χ4n) is 3.64. The number of hydrogen-bond acceptors (Lipinski definition) is 6. The normalized spacial score (nSPS) is 11.8. The lowest BCUT2D eigenvalue weighted by molar-refractivity contribution is -0.116. The Labute approximate surface area is 241 Å². The van der Waals surface area contributed by atoms with Crippen LogP contribution in [0.3, 0.4) is 0 Å². The van der Waals surface area contributed by atoms with Crippen molar-refractivity contribution >= 4 is 56.4 Å². The quantitative estimate of drug-likeness (QED) is 0.219. The number of sulfonamides is 1. The number of halogens is 3. The van der Waals surface area contributed by atoms with Crippen LogP contribution in [-0.2, 0) is 27.8 Å². The number of aromatic nitrogens is 2. The lowest BCUT2D eigenvalue weighted by Crippen LogP contribution is -2.37. The monoisotopic (exact) mass is 606 g/mol. The summed E-state index contributed by atoms with van der Waals surface area (Å²) in [4.78, 5) is 17.4. The van der Waals surface area contributed by atoms with Crippen molar-refractivity contribution in [2.75, 3.05) is 11.9 Å². The predicted molar refractivity (Wildman–Crippen MR) is 152 cm³/mol. The van der Waals surface area contributed by atoms with Gasteiger partial charge in [-0.3, -0.25) is 4.79 Å². The molecule has 0 atom stereocenters. The molecule has 0 aliphatic rings. The van der Waals surface area contributed by atoms with E-state index in [9.17, 15) is 13.2 Å². The van der Waals surface area contributed by atoms with Gasteiger partial charge in [0, 0.05) is 39.6 Å². The lowest BCUT2D eigenvalue weighted by Gasteiger charge is -2.22. The Bertz CT molecular complexity index is 1560. The molecule has 1 N–H and O–H groups in total. The van der Waals surface area contributed by atoms with E-state index in [2.05, 4.69) is 15.5 Å². The number of nitrogens with zero attached hydrogens (tertiary/aromatic N) is 3. The van der Waals surface area contributed by atoms with Crippen LogP contribution < -0.4 is 5.32 Å². The van der Waals surface area contributed by atoms with Crippen LogP contribution in [-0.4, -0.2) is 35.3 Å². The zero-order valence-corrected chi connectivity index (χ0v) is 24.2. The number of rotatable bonds is 10. The van der Waals surface area contributed by atoms with Gasteiger partial charge in [0.15, 0.2) is 5.82 Å². The Hall–Kier alpha value is -2.95. The van der Waals surface area contributed by atoms with E-state index >= 15 is 0 Å². The fourth-order valence-corrected chi connectivity index (χ4v) is 5.61. The summed E-state index contributed by atoms with van der Waals surface area (Å²) in [6, 6.07) is 17.6. The van der Waals surface area contributed by atoms with Crippen molar-refractivity contribution in [1.82, 2.24) is 14.4 Å². The molecule has 0 fully saturated rings. The first-order valence-electron chi connectivity index (χ1n) is 11.9. The molecule has 204 valence electrons. The molecular weight excluding hydrogens is 583 g/mol. The molecular formula is C27H25Cl3N4O4S. The SMILES string of the molecule is CC(C)c1nc(Cc2ccc(NC(=O)CN(Cc3ccc(Cl)cc3Cl)S(=O)(=O)c3ccc(Cl)cc3)cc2)no1. The van der Waals surface area contributed by atoms with Crippen LogP contribution in [0.15, 0.2) is 76.1 Å². The number of carbonyl (C=O) groups excluding carboxylic acids is 1. The second-order valence-electron chi connectivity index (χ2n) is 9.09. The van der Waals surface area contributed by atoms with Crippen LogP contribution in [0.4, 0.5) is 5.69 Å². The van der Waals surface area contributed by atoms with Crippen molar-refractivity contribution in [3.05, 3.63) is 105 Å². The van der Waals surface area contributed by atoms with E-state index in [0.717, 1.165) is 9.87 Å². The van der Waals surface area contributed by atoms with Gasteiger partial charge in [0.05, 0.1) is 11.4 Å². The highest BCUT2D eigenvalue weighted by atomic mass is 35.5. The molecule has 4 rings (SSSR count). The van der Waals surface area contributed by atoms with Crippen LogP contribution in [0.2, 0.25) is 15.1 Å². The van der Waals surface area contributed by atoms with E-state index in [1.54, 1.807) is 24.3 Å². The molecule has 0 spiro atoms. The molecule has 1 heterocycles. The molecule has 0 unspecified atom stereocenters. The van der Waals surface area contributed by atoms with E-state index in [4.69, 9.17) is 39.3 Å². The third-order valence-electron chi connectivity index (χ3n) is 5.71. The average molecular weight is 608 g/mol. The van der Waals surface area contributed by atoms with Crippen molar-refractivity contribution in [3.8, 4) is 0 Å². The van der Waals surface area contributed by atoms with E-state index in [0.29, 0.717) is 39.4 Å². The highest BCUT2D eigenvalue weighted by Crippen LogP contribution is 2.26. The summed E-state index contributed by atoms with van der Waals surface area (Å²) >= 11 is 18.2. The van der Waals surface area contributed by atoms with E-state index in [-0.39, 0.29) is 22.4 Å². The molecule has 0 aliphatic heterocycles. The number of amides is 1. The summed E-state index contributed by atoms with van der Waals surface area (Å²) in [6.45, 7) is 3.35. The Kier molecular flexibility index (Phi) is 9.30. The van der Waals surface area contributed by atoms with Crippen LogP contribution >= 0.6 is 34.8 Å². The Morgan fingerprint density at radius 3 is 2.26 bits per heavy atom. The maximum absolute atomic E-state index is 13.5. The molecule has 1 aromatic heterocycles. The summed E-state index contributed by atoms with van der Waals surface area (Å²) in [5, 5.41) is 7.84. The topological polar surface area (TPSA) is 105 Å². The second-order valence-corrected chi connectivity index (χ2v) is 12.3. The van der Waals surface area contributed by atoms with Gasteiger partial charge in [0.25, 0.3) is 0 Å². The smallest absolute Gasteiger partial charge is 0.243 e. The van der Waals surface area contributed by atoms with Gasteiger partial charge in [-0.25, -0.2) is 8.42 Å². The van der Waals surface area contributed by atoms with Gasteiger partial charge in [-0.2, -0.15) is 9.29 Å². The van der Waals surface area contributed by atoms with Gasteiger partial charge in [0.2, 0.25) is 21.8 Å². The molecule has 12 heteroatoms. The molecule has 0 radical (unpaired) electrons. The van der Waals surface area contributed by atoms with Gasteiger partial charge in [0.1, 0.15) is 0 Å². The Morgan fingerprint density at radius 2 is 1.64 bits per heavy atom. The zero-order valence-electron chi connectivity index (χ0n) is 21.1.